The quantitative estimate of drug-likeness (QED) is 0.844. The molecule has 1 aliphatic rings. The lowest BCUT2D eigenvalue weighted by Gasteiger charge is -2.39. The van der Waals surface area contributed by atoms with Crippen molar-refractivity contribution in [2.75, 3.05) is 0 Å². The van der Waals surface area contributed by atoms with Crippen LogP contribution < -0.4 is 5.32 Å². The number of hydrogen-bond acceptors (Lipinski definition) is 3. The van der Waals surface area contributed by atoms with Crippen LogP contribution in [0.15, 0.2) is 66.2 Å². The monoisotopic (exact) mass is 321 g/mol. The zero-order valence-corrected chi connectivity index (χ0v) is 14.2. The van der Waals surface area contributed by atoms with E-state index < -0.39 is 5.72 Å². The highest BCUT2D eigenvalue weighted by molar-refractivity contribution is 5.73. The molecule has 2 aromatic carbocycles. The zero-order valence-electron chi connectivity index (χ0n) is 14.2. The third-order valence-corrected chi connectivity index (χ3v) is 4.46. The molecule has 3 rings (SSSR count). The molecular weight excluding hydrogens is 298 g/mol. The predicted molar refractivity (Wildman–Crippen MR) is 96.1 cm³/mol. The maximum absolute atomic E-state index is 11.9. The number of carbonyl (C=O) groups excluding carboxylic acids is 1. The molecule has 0 unspecified atom stereocenters. The van der Waals surface area contributed by atoms with Gasteiger partial charge >= 0.3 is 5.97 Å². The Balaban J connectivity index is 1.88. The lowest BCUT2D eigenvalue weighted by molar-refractivity contribution is -0.162. The van der Waals surface area contributed by atoms with E-state index in [1.54, 1.807) is 0 Å². The summed E-state index contributed by atoms with van der Waals surface area (Å²) in [5, 5.41) is 3.50. The van der Waals surface area contributed by atoms with E-state index in [9.17, 15) is 4.79 Å². The van der Waals surface area contributed by atoms with E-state index in [2.05, 4.69) is 42.6 Å². The maximum Gasteiger partial charge on any atom is 0.308 e. The molecule has 0 aliphatic carbocycles. The van der Waals surface area contributed by atoms with Gasteiger partial charge in [0.25, 0.3) is 0 Å². The van der Waals surface area contributed by atoms with Gasteiger partial charge in [-0.25, -0.2) is 0 Å². The van der Waals surface area contributed by atoms with Gasteiger partial charge in [0, 0.05) is 12.5 Å². The molecule has 3 heteroatoms. The van der Waals surface area contributed by atoms with E-state index in [1.165, 1.54) is 5.56 Å². The first-order valence-electron chi connectivity index (χ1n) is 8.37. The van der Waals surface area contributed by atoms with Crippen molar-refractivity contribution in [1.82, 2.24) is 5.32 Å². The van der Waals surface area contributed by atoms with Crippen LogP contribution >= 0.6 is 0 Å². The third kappa shape index (κ3) is 3.74. The van der Waals surface area contributed by atoms with Crippen molar-refractivity contribution in [2.45, 2.75) is 38.5 Å². The number of ether oxygens (including phenoxy) is 1. The van der Waals surface area contributed by atoms with Gasteiger partial charge in [0.1, 0.15) is 0 Å². The fourth-order valence-corrected chi connectivity index (χ4v) is 3.14. The average molecular weight is 321 g/mol. The molecule has 0 saturated carbocycles. The second kappa shape index (κ2) is 7.02. The van der Waals surface area contributed by atoms with E-state index in [0.29, 0.717) is 12.8 Å². The highest BCUT2D eigenvalue weighted by atomic mass is 16.6. The van der Waals surface area contributed by atoms with Gasteiger partial charge in [-0.15, -0.1) is 0 Å². The number of hydrogen-bond donors (Lipinski definition) is 1. The topological polar surface area (TPSA) is 38.3 Å². The Labute approximate surface area is 143 Å². The Hall–Kier alpha value is -2.39. The first-order chi connectivity index (χ1) is 11.6. The van der Waals surface area contributed by atoms with Gasteiger partial charge in [-0.3, -0.25) is 10.1 Å². The first kappa shape index (κ1) is 16.5. The zero-order chi connectivity index (χ0) is 17.0. The molecule has 24 heavy (non-hydrogen) atoms. The van der Waals surface area contributed by atoms with Gasteiger partial charge in [0.05, 0.1) is 0 Å². The van der Waals surface area contributed by atoms with Crippen LogP contribution in [0.3, 0.4) is 0 Å². The lowest BCUT2D eigenvalue weighted by Crippen LogP contribution is -2.51. The maximum atomic E-state index is 11.9. The highest BCUT2D eigenvalue weighted by Gasteiger charge is 2.38. The Morgan fingerprint density at radius 1 is 1.04 bits per heavy atom. The fraction of sp³-hybridized carbons (Fsp3) is 0.286. The first-order valence-corrected chi connectivity index (χ1v) is 8.37. The van der Waals surface area contributed by atoms with Crippen molar-refractivity contribution < 1.29 is 9.53 Å². The highest BCUT2D eigenvalue weighted by Crippen LogP contribution is 2.33. The third-order valence-electron chi connectivity index (χ3n) is 4.46. The van der Waals surface area contributed by atoms with Crippen molar-refractivity contribution >= 4 is 12.0 Å². The number of cyclic esters (lactones) is 1. The number of carbonyl (C=O) groups is 1. The average Bonchev–Trinajstić information content (AvgIpc) is 2.59. The van der Waals surface area contributed by atoms with E-state index in [-0.39, 0.29) is 12.0 Å². The van der Waals surface area contributed by atoms with Gasteiger partial charge in [-0.05, 0) is 37.0 Å². The molecule has 1 aliphatic heterocycles. The van der Waals surface area contributed by atoms with Crippen LogP contribution in [0.1, 0.15) is 43.9 Å². The molecule has 1 saturated heterocycles. The summed E-state index contributed by atoms with van der Waals surface area (Å²) in [5.74, 6) is -0.157. The van der Waals surface area contributed by atoms with Crippen molar-refractivity contribution in [3.05, 3.63) is 77.4 Å². The van der Waals surface area contributed by atoms with Crippen molar-refractivity contribution in [3.63, 3.8) is 0 Å². The van der Waals surface area contributed by atoms with Crippen LogP contribution in [-0.2, 0) is 9.53 Å². The minimum atomic E-state index is -0.791. The Morgan fingerprint density at radius 3 is 2.33 bits per heavy atom. The summed E-state index contributed by atoms with van der Waals surface area (Å²) >= 11 is 0. The Bertz CT molecular complexity index is 724. The number of nitrogens with one attached hydrogen (secondary N) is 1. The molecule has 2 aromatic rings. The van der Waals surface area contributed by atoms with Crippen LogP contribution in [0.4, 0.5) is 0 Å². The van der Waals surface area contributed by atoms with Crippen LogP contribution in [0.2, 0.25) is 0 Å². The summed E-state index contributed by atoms with van der Waals surface area (Å²) in [6.45, 7) is 4.03. The van der Waals surface area contributed by atoms with Crippen LogP contribution in [0.25, 0.3) is 6.08 Å². The Morgan fingerprint density at radius 2 is 1.67 bits per heavy atom. The van der Waals surface area contributed by atoms with Crippen molar-refractivity contribution in [2.24, 2.45) is 0 Å². The smallest absolute Gasteiger partial charge is 0.308 e. The van der Waals surface area contributed by atoms with Gasteiger partial charge < -0.3 is 4.74 Å². The predicted octanol–water partition coefficient (Wildman–Crippen LogP) is 4.47. The molecule has 1 N–H and O–H groups in total. The largest absolute Gasteiger partial charge is 0.440 e. The molecule has 3 nitrogen and oxygen atoms in total. The van der Waals surface area contributed by atoms with Crippen LogP contribution in [-0.4, -0.2) is 11.7 Å². The van der Waals surface area contributed by atoms with Gasteiger partial charge in [0.15, 0.2) is 5.72 Å². The number of esters is 1. The second-order valence-electron chi connectivity index (χ2n) is 6.36. The minimum Gasteiger partial charge on any atom is -0.440 e. The van der Waals surface area contributed by atoms with Gasteiger partial charge in [0.2, 0.25) is 0 Å². The van der Waals surface area contributed by atoms with Crippen molar-refractivity contribution in [3.8, 4) is 0 Å². The molecule has 0 radical (unpaired) electrons. The van der Waals surface area contributed by atoms with Crippen molar-refractivity contribution in [1.29, 1.82) is 0 Å². The fourth-order valence-electron chi connectivity index (χ4n) is 3.14. The molecule has 0 amide bonds. The summed E-state index contributed by atoms with van der Waals surface area (Å²) in [5.41, 5.74) is 2.58. The molecule has 1 heterocycles. The minimum absolute atomic E-state index is 0.0706. The normalized spacial score (nSPS) is 23.8. The summed E-state index contributed by atoms with van der Waals surface area (Å²) in [4.78, 5) is 11.9. The molecule has 1 fully saturated rings. The van der Waals surface area contributed by atoms with Crippen LogP contribution in [0.5, 0.6) is 0 Å². The van der Waals surface area contributed by atoms with E-state index in [1.807, 2.05) is 43.3 Å². The summed E-state index contributed by atoms with van der Waals surface area (Å²) in [7, 11) is 0. The summed E-state index contributed by atoms with van der Waals surface area (Å²) in [6.07, 6.45) is 3.26. The lowest BCUT2D eigenvalue weighted by atomic mass is 9.92. The number of rotatable bonds is 4. The molecule has 0 aromatic heterocycles. The molecule has 0 spiro atoms. The van der Waals surface area contributed by atoms with E-state index >= 15 is 0 Å². The Kier molecular flexibility index (Phi) is 4.81. The van der Waals surface area contributed by atoms with E-state index in [0.717, 1.165) is 11.1 Å². The molecule has 124 valence electrons. The summed E-state index contributed by atoms with van der Waals surface area (Å²) in [6, 6.07) is 20.4. The number of benzene rings is 2. The van der Waals surface area contributed by atoms with Gasteiger partial charge in [-0.1, -0.05) is 66.7 Å². The standard InChI is InChI=1S/C21H23NO2/c1-16(18-11-7-4-8-12-18)22-21(2)19(13-14-20(23)24-21)15-17-9-5-3-6-10-17/h3-12,15-16,22H,13-14H2,1-2H3/b19-15+/t16-,21+/m1/s1. The molecule has 2 atom stereocenters. The molecule has 0 bridgehead atoms. The molecular formula is C21H23NO2. The van der Waals surface area contributed by atoms with Gasteiger partial charge in [-0.2, -0.15) is 0 Å². The summed E-state index contributed by atoms with van der Waals surface area (Å²) < 4.78 is 5.73. The SMILES string of the molecule is C[C@@H](N[C@@]1(C)OC(=O)CC/C1=C\c1ccccc1)c1ccccc1. The second-order valence-corrected chi connectivity index (χ2v) is 6.36. The van der Waals surface area contributed by atoms with Crippen LogP contribution in [0, 0.1) is 0 Å². The van der Waals surface area contributed by atoms with E-state index in [4.69, 9.17) is 4.74 Å².